The predicted octanol–water partition coefficient (Wildman–Crippen LogP) is 2.37. The minimum atomic E-state index is -0.933. The normalized spacial score (nSPS) is 15.7. The number of carboxylic acid groups (broad SMARTS) is 1. The molecule has 0 aliphatic heterocycles. The third-order valence-electron chi connectivity index (χ3n) is 3.38. The van der Waals surface area contributed by atoms with Crippen LogP contribution in [0.1, 0.15) is 24.0 Å². The van der Waals surface area contributed by atoms with Crippen molar-refractivity contribution in [1.82, 2.24) is 5.32 Å². The molecule has 2 N–H and O–H groups in total. The standard InChI is InChI=1S/C15H19NO3S/c1-9-3-4-10(2)12(7-9)20-8-13(17)16-14(15(18)19)11-5-6-11/h3-4,7,11,14H,5-6,8H2,1-2H3,(H,16,17)(H,18,19). The van der Waals surface area contributed by atoms with Gasteiger partial charge in [0.05, 0.1) is 5.75 Å². The number of amides is 1. The van der Waals surface area contributed by atoms with E-state index in [9.17, 15) is 9.59 Å². The number of nitrogens with one attached hydrogen (secondary N) is 1. The number of benzene rings is 1. The number of aryl methyl sites for hydroxylation is 2. The molecule has 0 heterocycles. The number of aliphatic carboxylic acids is 1. The van der Waals surface area contributed by atoms with E-state index in [1.54, 1.807) is 0 Å². The molecule has 4 nitrogen and oxygen atoms in total. The second kappa shape index (κ2) is 6.31. The second-order valence-corrected chi connectivity index (χ2v) is 6.30. The van der Waals surface area contributed by atoms with Gasteiger partial charge in [-0.15, -0.1) is 11.8 Å². The summed E-state index contributed by atoms with van der Waals surface area (Å²) in [6.07, 6.45) is 1.78. The third kappa shape index (κ3) is 4.00. The van der Waals surface area contributed by atoms with Crippen LogP contribution in [0, 0.1) is 19.8 Å². The van der Waals surface area contributed by atoms with Gasteiger partial charge in [0.15, 0.2) is 0 Å². The smallest absolute Gasteiger partial charge is 0.326 e. The van der Waals surface area contributed by atoms with Crippen LogP contribution in [0.15, 0.2) is 23.1 Å². The van der Waals surface area contributed by atoms with Crippen LogP contribution in [0.3, 0.4) is 0 Å². The summed E-state index contributed by atoms with van der Waals surface area (Å²) in [6.45, 7) is 4.01. The van der Waals surface area contributed by atoms with Crippen molar-refractivity contribution in [3.8, 4) is 0 Å². The molecule has 20 heavy (non-hydrogen) atoms. The van der Waals surface area contributed by atoms with Gasteiger partial charge >= 0.3 is 5.97 Å². The SMILES string of the molecule is Cc1ccc(C)c(SCC(=O)NC(C(=O)O)C2CC2)c1. The number of carbonyl (C=O) groups is 2. The quantitative estimate of drug-likeness (QED) is 0.790. The van der Waals surface area contributed by atoms with Crippen LogP contribution < -0.4 is 5.32 Å². The van der Waals surface area contributed by atoms with Gasteiger partial charge in [-0.1, -0.05) is 17.7 Å². The van der Waals surface area contributed by atoms with Crippen molar-refractivity contribution in [1.29, 1.82) is 0 Å². The van der Waals surface area contributed by atoms with E-state index in [1.165, 1.54) is 11.8 Å². The van der Waals surface area contributed by atoms with Crippen LogP contribution in [0.4, 0.5) is 0 Å². The Hall–Kier alpha value is -1.49. The largest absolute Gasteiger partial charge is 0.480 e. The van der Waals surface area contributed by atoms with E-state index in [0.29, 0.717) is 0 Å². The molecule has 1 amide bonds. The lowest BCUT2D eigenvalue weighted by Gasteiger charge is -2.13. The topological polar surface area (TPSA) is 66.4 Å². The molecule has 0 bridgehead atoms. The van der Waals surface area contributed by atoms with Crippen LogP contribution >= 0.6 is 11.8 Å². The van der Waals surface area contributed by atoms with Gasteiger partial charge in [-0.3, -0.25) is 4.79 Å². The first-order valence-corrected chi connectivity index (χ1v) is 7.68. The summed E-state index contributed by atoms with van der Waals surface area (Å²) in [5, 5.41) is 11.7. The van der Waals surface area contributed by atoms with Gasteiger partial charge in [-0.25, -0.2) is 4.79 Å². The Morgan fingerprint density at radius 2 is 2.10 bits per heavy atom. The van der Waals surface area contributed by atoms with Crippen molar-refractivity contribution < 1.29 is 14.7 Å². The number of rotatable bonds is 6. The van der Waals surface area contributed by atoms with Crippen molar-refractivity contribution in [2.24, 2.45) is 5.92 Å². The van der Waals surface area contributed by atoms with Crippen molar-refractivity contribution >= 4 is 23.6 Å². The number of hydrogen-bond acceptors (Lipinski definition) is 3. The van der Waals surface area contributed by atoms with E-state index in [2.05, 4.69) is 5.32 Å². The fourth-order valence-corrected chi connectivity index (χ4v) is 2.97. The van der Waals surface area contributed by atoms with E-state index in [4.69, 9.17) is 5.11 Å². The molecule has 1 saturated carbocycles. The summed E-state index contributed by atoms with van der Waals surface area (Å²) in [7, 11) is 0. The van der Waals surface area contributed by atoms with Crippen LogP contribution in [0.5, 0.6) is 0 Å². The molecule has 1 aliphatic carbocycles. The minimum Gasteiger partial charge on any atom is -0.480 e. The molecule has 5 heteroatoms. The van der Waals surface area contributed by atoms with Gasteiger partial charge in [-0.2, -0.15) is 0 Å². The zero-order chi connectivity index (χ0) is 14.7. The maximum Gasteiger partial charge on any atom is 0.326 e. The monoisotopic (exact) mass is 293 g/mol. The lowest BCUT2D eigenvalue weighted by atomic mass is 10.2. The van der Waals surface area contributed by atoms with E-state index < -0.39 is 12.0 Å². The van der Waals surface area contributed by atoms with E-state index in [1.807, 2.05) is 32.0 Å². The molecule has 1 unspecified atom stereocenters. The Balaban J connectivity index is 1.88. The maximum absolute atomic E-state index is 11.9. The molecule has 0 saturated heterocycles. The van der Waals surface area contributed by atoms with Crippen molar-refractivity contribution in [2.45, 2.75) is 37.6 Å². The molecule has 0 spiro atoms. The zero-order valence-corrected chi connectivity index (χ0v) is 12.5. The van der Waals surface area contributed by atoms with E-state index in [0.717, 1.165) is 28.9 Å². The lowest BCUT2D eigenvalue weighted by Crippen LogP contribution is -2.43. The van der Waals surface area contributed by atoms with Crippen LogP contribution in [-0.2, 0) is 9.59 Å². The average Bonchev–Trinajstić information content (AvgIpc) is 3.21. The highest BCUT2D eigenvalue weighted by Gasteiger charge is 2.37. The predicted molar refractivity (Wildman–Crippen MR) is 78.9 cm³/mol. The van der Waals surface area contributed by atoms with E-state index in [-0.39, 0.29) is 17.6 Å². The molecular formula is C15H19NO3S. The van der Waals surface area contributed by atoms with Gasteiger partial charge in [-0.05, 0) is 44.2 Å². The van der Waals surface area contributed by atoms with Gasteiger partial charge in [0.1, 0.15) is 6.04 Å². The first kappa shape index (κ1) is 14.9. The zero-order valence-electron chi connectivity index (χ0n) is 11.7. The summed E-state index contributed by atoms with van der Waals surface area (Å²) in [4.78, 5) is 24.0. The van der Waals surface area contributed by atoms with Gasteiger partial charge < -0.3 is 10.4 Å². The lowest BCUT2D eigenvalue weighted by molar-refractivity contribution is -0.142. The number of hydrogen-bond donors (Lipinski definition) is 2. The Morgan fingerprint density at radius 1 is 1.40 bits per heavy atom. The highest BCUT2D eigenvalue weighted by Crippen LogP contribution is 2.33. The summed E-state index contributed by atoms with van der Waals surface area (Å²) in [6, 6.07) is 5.39. The van der Waals surface area contributed by atoms with Gasteiger partial charge in [0.25, 0.3) is 0 Å². The second-order valence-electron chi connectivity index (χ2n) is 5.28. The van der Waals surface area contributed by atoms with E-state index >= 15 is 0 Å². The van der Waals surface area contributed by atoms with Crippen molar-refractivity contribution in [3.63, 3.8) is 0 Å². The van der Waals surface area contributed by atoms with Gasteiger partial charge in [0.2, 0.25) is 5.91 Å². The van der Waals surface area contributed by atoms with Gasteiger partial charge in [0, 0.05) is 4.90 Å². The summed E-state index contributed by atoms with van der Waals surface area (Å²) >= 11 is 1.45. The minimum absolute atomic E-state index is 0.113. The fourth-order valence-electron chi connectivity index (χ4n) is 2.03. The molecule has 0 radical (unpaired) electrons. The Morgan fingerprint density at radius 3 is 2.70 bits per heavy atom. The Bertz CT molecular complexity index is 526. The molecule has 1 aliphatic rings. The highest BCUT2D eigenvalue weighted by atomic mass is 32.2. The molecule has 1 fully saturated rings. The number of carbonyl (C=O) groups excluding carboxylic acids is 1. The summed E-state index contributed by atoms with van der Waals surface area (Å²) < 4.78 is 0. The first-order chi connectivity index (χ1) is 9.47. The number of thioether (sulfide) groups is 1. The summed E-state index contributed by atoms with van der Waals surface area (Å²) in [5.41, 5.74) is 2.28. The van der Waals surface area contributed by atoms with Crippen molar-refractivity contribution in [2.75, 3.05) is 5.75 Å². The molecule has 1 atom stereocenters. The molecule has 1 aromatic rings. The number of carboxylic acids is 1. The molecular weight excluding hydrogens is 274 g/mol. The first-order valence-electron chi connectivity index (χ1n) is 6.69. The Labute approximate surface area is 123 Å². The Kier molecular flexibility index (Phi) is 4.70. The van der Waals surface area contributed by atoms with Crippen LogP contribution in [0.2, 0.25) is 0 Å². The molecule has 2 rings (SSSR count). The molecule has 1 aromatic carbocycles. The maximum atomic E-state index is 11.9. The highest BCUT2D eigenvalue weighted by molar-refractivity contribution is 8.00. The van der Waals surface area contributed by atoms with Crippen molar-refractivity contribution in [3.05, 3.63) is 29.3 Å². The molecule has 0 aromatic heterocycles. The van der Waals surface area contributed by atoms with Crippen LogP contribution in [-0.4, -0.2) is 28.8 Å². The summed E-state index contributed by atoms with van der Waals surface area (Å²) in [5.74, 6) is -0.782. The third-order valence-corrected chi connectivity index (χ3v) is 4.54. The van der Waals surface area contributed by atoms with Crippen LogP contribution in [0.25, 0.3) is 0 Å². The fraction of sp³-hybridized carbons (Fsp3) is 0.467. The molecule has 108 valence electrons. The average molecular weight is 293 g/mol.